The topological polar surface area (TPSA) is 72.2 Å². The molecule has 0 unspecified atom stereocenters. The summed E-state index contributed by atoms with van der Waals surface area (Å²) in [7, 11) is 0. The van der Waals surface area contributed by atoms with Gasteiger partial charge in [0.25, 0.3) is 11.8 Å². The number of nitrogens with two attached hydrogens (primary N) is 1. The number of primary amides is 1. The molecule has 0 saturated heterocycles. The molecule has 1 heterocycles. The zero-order chi connectivity index (χ0) is 17.1. The number of anilines is 1. The molecule has 0 bridgehead atoms. The summed E-state index contributed by atoms with van der Waals surface area (Å²) in [6.45, 7) is 1.91. The third-order valence-corrected chi connectivity index (χ3v) is 4.68. The number of nitrogens with one attached hydrogen (secondary N) is 1. The fraction of sp³-hybridized carbons (Fsp3) is 0.0526. The van der Waals surface area contributed by atoms with Crippen LogP contribution in [-0.2, 0) is 0 Å². The smallest absolute Gasteiger partial charge is 0.256 e. The molecule has 1 aromatic heterocycles. The molecule has 0 aliphatic heterocycles. The second-order valence-electron chi connectivity index (χ2n) is 5.29. The maximum absolute atomic E-state index is 12.4. The molecule has 3 rings (SSSR count). The van der Waals surface area contributed by atoms with Gasteiger partial charge in [-0.25, -0.2) is 0 Å². The third kappa shape index (κ3) is 3.07. The van der Waals surface area contributed by atoms with Gasteiger partial charge in [-0.2, -0.15) is 0 Å². The Morgan fingerprint density at radius 3 is 2.12 bits per heavy atom. The highest BCUT2D eigenvalue weighted by Crippen LogP contribution is 2.39. The number of carbonyl (C=O) groups excluding carboxylic acids is 2. The molecule has 3 aromatic rings. The van der Waals surface area contributed by atoms with E-state index in [0.717, 1.165) is 16.0 Å². The lowest BCUT2D eigenvalue weighted by molar-refractivity contribution is 0.100. The summed E-state index contributed by atoms with van der Waals surface area (Å²) < 4.78 is 0. The Balaban J connectivity index is 2.03. The van der Waals surface area contributed by atoms with Crippen LogP contribution in [0.15, 0.2) is 60.7 Å². The van der Waals surface area contributed by atoms with Crippen LogP contribution in [0.2, 0.25) is 0 Å². The lowest BCUT2D eigenvalue weighted by Gasteiger charge is -2.07. The Bertz CT molecular complexity index is 886. The second-order valence-corrected chi connectivity index (χ2v) is 6.51. The van der Waals surface area contributed by atoms with Gasteiger partial charge in [-0.1, -0.05) is 48.5 Å². The molecule has 0 atom stereocenters. The first-order valence-electron chi connectivity index (χ1n) is 7.43. The minimum atomic E-state index is -0.554. The van der Waals surface area contributed by atoms with Crippen LogP contribution in [-0.4, -0.2) is 11.8 Å². The highest BCUT2D eigenvalue weighted by atomic mass is 32.1. The van der Waals surface area contributed by atoms with Gasteiger partial charge in [0.05, 0.1) is 5.56 Å². The van der Waals surface area contributed by atoms with E-state index in [1.165, 1.54) is 11.3 Å². The average Bonchev–Trinajstić information content (AvgIpc) is 2.92. The van der Waals surface area contributed by atoms with Crippen molar-refractivity contribution in [2.45, 2.75) is 6.92 Å². The maximum atomic E-state index is 12.4. The van der Waals surface area contributed by atoms with E-state index in [2.05, 4.69) is 5.32 Å². The number of thiophene rings is 1. The number of hydrogen-bond acceptors (Lipinski definition) is 3. The van der Waals surface area contributed by atoms with Crippen LogP contribution in [0, 0.1) is 6.92 Å². The molecule has 24 heavy (non-hydrogen) atoms. The van der Waals surface area contributed by atoms with E-state index in [0.29, 0.717) is 16.1 Å². The molecule has 0 aliphatic carbocycles. The lowest BCUT2D eigenvalue weighted by atomic mass is 10.0. The molecule has 0 fully saturated rings. The van der Waals surface area contributed by atoms with Gasteiger partial charge in [-0.3, -0.25) is 9.59 Å². The van der Waals surface area contributed by atoms with E-state index in [9.17, 15) is 9.59 Å². The minimum Gasteiger partial charge on any atom is -0.365 e. The zero-order valence-corrected chi connectivity index (χ0v) is 13.9. The van der Waals surface area contributed by atoms with Crippen molar-refractivity contribution in [3.05, 3.63) is 76.7 Å². The first kappa shape index (κ1) is 16.0. The van der Waals surface area contributed by atoms with Crippen molar-refractivity contribution in [2.75, 3.05) is 5.32 Å². The number of hydrogen-bond donors (Lipinski definition) is 2. The van der Waals surface area contributed by atoms with Gasteiger partial charge in [0.15, 0.2) is 0 Å². The molecular weight excluding hydrogens is 320 g/mol. The van der Waals surface area contributed by atoms with Gasteiger partial charge in [-0.05, 0) is 24.6 Å². The summed E-state index contributed by atoms with van der Waals surface area (Å²) in [5.41, 5.74) is 8.16. The van der Waals surface area contributed by atoms with E-state index in [1.807, 2.05) is 43.3 Å². The predicted molar refractivity (Wildman–Crippen MR) is 97.4 cm³/mol. The average molecular weight is 336 g/mol. The van der Waals surface area contributed by atoms with Crippen LogP contribution in [0.25, 0.3) is 11.1 Å². The molecular formula is C19H16N2O2S. The number of carbonyl (C=O) groups is 2. The van der Waals surface area contributed by atoms with E-state index in [1.54, 1.807) is 24.3 Å². The van der Waals surface area contributed by atoms with E-state index < -0.39 is 5.91 Å². The molecule has 120 valence electrons. The molecule has 4 nitrogen and oxygen atoms in total. The van der Waals surface area contributed by atoms with Crippen LogP contribution in [0.3, 0.4) is 0 Å². The van der Waals surface area contributed by atoms with Crippen molar-refractivity contribution < 1.29 is 9.59 Å². The normalized spacial score (nSPS) is 10.4. The summed E-state index contributed by atoms with van der Waals surface area (Å²) >= 11 is 1.35. The number of amides is 2. The molecule has 0 spiro atoms. The van der Waals surface area contributed by atoms with Gasteiger partial charge < -0.3 is 11.1 Å². The lowest BCUT2D eigenvalue weighted by Crippen LogP contribution is -2.17. The highest BCUT2D eigenvalue weighted by molar-refractivity contribution is 7.17. The number of aryl methyl sites for hydroxylation is 1. The van der Waals surface area contributed by atoms with E-state index in [4.69, 9.17) is 5.73 Å². The number of rotatable bonds is 4. The second kappa shape index (κ2) is 6.68. The van der Waals surface area contributed by atoms with Crippen LogP contribution in [0.4, 0.5) is 5.00 Å². The Morgan fingerprint density at radius 1 is 0.958 bits per heavy atom. The third-order valence-electron chi connectivity index (χ3n) is 3.66. The molecule has 5 heteroatoms. The van der Waals surface area contributed by atoms with Crippen molar-refractivity contribution in [3.8, 4) is 11.1 Å². The first-order valence-corrected chi connectivity index (χ1v) is 8.24. The SMILES string of the molecule is Cc1sc(NC(=O)c2ccccc2)c(C(N)=O)c1-c1ccccc1. The van der Waals surface area contributed by atoms with Crippen molar-refractivity contribution in [3.63, 3.8) is 0 Å². The Kier molecular flexibility index (Phi) is 4.44. The zero-order valence-electron chi connectivity index (χ0n) is 13.1. The quantitative estimate of drug-likeness (QED) is 0.753. The molecule has 0 radical (unpaired) electrons. The van der Waals surface area contributed by atoms with Crippen molar-refractivity contribution in [2.24, 2.45) is 5.73 Å². The van der Waals surface area contributed by atoms with Gasteiger partial charge in [0.1, 0.15) is 5.00 Å². The monoisotopic (exact) mass is 336 g/mol. The van der Waals surface area contributed by atoms with Crippen molar-refractivity contribution in [1.29, 1.82) is 0 Å². The highest BCUT2D eigenvalue weighted by Gasteiger charge is 2.22. The summed E-state index contributed by atoms with van der Waals surface area (Å²) in [6, 6.07) is 18.4. The number of benzene rings is 2. The minimum absolute atomic E-state index is 0.265. The fourth-order valence-corrected chi connectivity index (χ4v) is 3.66. The van der Waals surface area contributed by atoms with Crippen molar-refractivity contribution in [1.82, 2.24) is 0 Å². The van der Waals surface area contributed by atoms with Crippen LogP contribution < -0.4 is 11.1 Å². The maximum Gasteiger partial charge on any atom is 0.256 e. The van der Waals surface area contributed by atoms with Gasteiger partial charge in [0, 0.05) is 16.0 Å². The van der Waals surface area contributed by atoms with Gasteiger partial charge in [0.2, 0.25) is 0 Å². The predicted octanol–water partition coefficient (Wildman–Crippen LogP) is 4.07. The summed E-state index contributed by atoms with van der Waals surface area (Å²) in [4.78, 5) is 25.3. The Hall–Kier alpha value is -2.92. The fourth-order valence-electron chi connectivity index (χ4n) is 2.59. The summed E-state index contributed by atoms with van der Waals surface area (Å²) in [6.07, 6.45) is 0. The molecule has 0 saturated carbocycles. The van der Waals surface area contributed by atoms with Gasteiger partial charge >= 0.3 is 0 Å². The summed E-state index contributed by atoms with van der Waals surface area (Å²) in [5.74, 6) is -0.819. The Morgan fingerprint density at radius 2 is 1.54 bits per heavy atom. The largest absolute Gasteiger partial charge is 0.365 e. The van der Waals surface area contributed by atoms with Crippen LogP contribution in [0.5, 0.6) is 0 Å². The van der Waals surface area contributed by atoms with E-state index in [-0.39, 0.29) is 5.91 Å². The Labute approximate surface area is 143 Å². The van der Waals surface area contributed by atoms with Gasteiger partial charge in [-0.15, -0.1) is 11.3 Å². The standard InChI is InChI=1S/C19H16N2O2S/c1-12-15(13-8-4-2-5-9-13)16(17(20)22)19(24-12)21-18(23)14-10-6-3-7-11-14/h2-11H,1H3,(H2,20,22)(H,21,23). The molecule has 0 aliphatic rings. The molecule has 2 amide bonds. The van der Waals surface area contributed by atoms with Crippen LogP contribution in [0.1, 0.15) is 25.6 Å². The van der Waals surface area contributed by atoms with Crippen molar-refractivity contribution >= 4 is 28.2 Å². The summed E-state index contributed by atoms with van der Waals surface area (Å²) in [5, 5.41) is 3.30. The molecule has 2 aromatic carbocycles. The van der Waals surface area contributed by atoms with Crippen LogP contribution >= 0.6 is 11.3 Å². The first-order chi connectivity index (χ1) is 11.6. The molecule has 3 N–H and O–H groups in total. The van der Waals surface area contributed by atoms with E-state index >= 15 is 0 Å².